The van der Waals surface area contributed by atoms with Crippen LogP contribution in [0, 0.1) is 0 Å². The van der Waals surface area contributed by atoms with Crippen LogP contribution in [-0.4, -0.2) is 34.5 Å². The Morgan fingerprint density at radius 1 is 1.13 bits per heavy atom. The van der Waals surface area contributed by atoms with E-state index in [4.69, 9.17) is 9.47 Å². The normalized spacial score (nSPS) is 15.8. The monoisotopic (exact) mass is 409 g/mol. The van der Waals surface area contributed by atoms with Crippen LogP contribution in [0.25, 0.3) is 11.0 Å². The molecule has 1 aliphatic rings. The molecule has 156 valence electrons. The van der Waals surface area contributed by atoms with Crippen molar-refractivity contribution < 1.29 is 14.3 Å². The number of rotatable bonds is 5. The molecule has 4 rings (SSSR count). The lowest BCUT2D eigenvalue weighted by Crippen LogP contribution is -2.33. The number of aryl methyl sites for hydroxylation is 1. The van der Waals surface area contributed by atoms with E-state index < -0.39 is 11.2 Å². The maximum Gasteiger partial charge on any atom is 0.329 e. The highest BCUT2D eigenvalue weighted by Crippen LogP contribution is 2.38. The molecule has 1 atom stereocenters. The van der Waals surface area contributed by atoms with Crippen LogP contribution in [0.1, 0.15) is 47.2 Å². The minimum atomic E-state index is -0.507. The second-order valence-electron chi connectivity index (χ2n) is 7.40. The number of methoxy groups -OCH3 is 2. The van der Waals surface area contributed by atoms with Crippen LogP contribution in [-0.2, 0) is 13.0 Å². The minimum Gasteiger partial charge on any atom is -0.493 e. The summed E-state index contributed by atoms with van der Waals surface area (Å²) in [6, 6.07) is 5.58. The quantitative estimate of drug-likeness (QED) is 0.694. The van der Waals surface area contributed by atoms with Crippen LogP contribution in [0.3, 0.4) is 0 Å². The molecule has 8 heteroatoms. The number of pyridine rings is 1. The second-order valence-corrected chi connectivity index (χ2v) is 7.40. The highest BCUT2D eigenvalue weighted by atomic mass is 16.5. The lowest BCUT2D eigenvalue weighted by atomic mass is 9.79. The van der Waals surface area contributed by atoms with Crippen LogP contribution in [0.4, 0.5) is 0 Å². The number of carbonyl (C=O) groups excluding carboxylic acids is 1. The Morgan fingerprint density at radius 3 is 2.60 bits per heavy atom. The third-order valence-corrected chi connectivity index (χ3v) is 5.62. The van der Waals surface area contributed by atoms with E-state index in [1.165, 1.54) is 10.8 Å². The topological polar surface area (TPSA) is 103 Å². The molecule has 0 saturated heterocycles. The van der Waals surface area contributed by atoms with Gasteiger partial charge in [0, 0.05) is 24.7 Å². The molecule has 1 N–H and O–H groups in total. The molecule has 1 unspecified atom stereocenters. The van der Waals surface area contributed by atoms with Gasteiger partial charge in [0.05, 0.1) is 19.6 Å². The molecule has 0 fully saturated rings. The van der Waals surface area contributed by atoms with Gasteiger partial charge in [-0.1, -0.05) is 13.0 Å². The van der Waals surface area contributed by atoms with E-state index in [1.807, 2.05) is 25.1 Å². The third kappa shape index (κ3) is 3.18. The Hall–Kier alpha value is -3.42. The van der Waals surface area contributed by atoms with E-state index in [1.54, 1.807) is 14.2 Å². The molecular formula is C22H23N3O5. The Morgan fingerprint density at radius 2 is 1.90 bits per heavy atom. The van der Waals surface area contributed by atoms with Crippen molar-refractivity contribution >= 4 is 16.8 Å². The number of nitrogens with zero attached hydrogens (tertiary/aromatic N) is 2. The molecule has 2 aromatic heterocycles. The van der Waals surface area contributed by atoms with Gasteiger partial charge in [0.1, 0.15) is 5.65 Å². The number of Topliss-reactive ketones (excluding diaryl/α,β-unsaturated/α-hetero) is 1. The molecule has 1 aliphatic carbocycles. The summed E-state index contributed by atoms with van der Waals surface area (Å²) in [7, 11) is 3.13. The van der Waals surface area contributed by atoms with Crippen molar-refractivity contribution in [2.24, 2.45) is 0 Å². The number of carbonyl (C=O) groups is 1. The van der Waals surface area contributed by atoms with E-state index in [2.05, 4.69) is 9.97 Å². The number of nitrogens with one attached hydrogen (secondary N) is 1. The SMILES string of the molecule is CCCn1c(=O)[nH]c(=O)c2c3c(cnc21)C(=O)CC(c1ccc(OC)c(OC)c1)C3. The van der Waals surface area contributed by atoms with Crippen LogP contribution in [0.15, 0.2) is 34.0 Å². The predicted molar refractivity (Wildman–Crippen MR) is 112 cm³/mol. The summed E-state index contributed by atoms with van der Waals surface area (Å²) < 4.78 is 12.2. The fraction of sp³-hybridized carbons (Fsp3) is 0.364. The molecule has 8 nitrogen and oxygen atoms in total. The summed E-state index contributed by atoms with van der Waals surface area (Å²) in [5, 5.41) is 0.319. The molecule has 0 spiro atoms. The van der Waals surface area contributed by atoms with E-state index in [0.29, 0.717) is 59.5 Å². The standard InChI is InChI=1S/C22H23N3O5/c1-4-7-25-20-19(21(27)24-22(25)28)14-8-13(9-16(26)15(14)11-23-20)12-5-6-17(29-2)18(10-12)30-3/h5-6,10-11,13H,4,7-9H2,1-3H3,(H,24,27,28). The van der Waals surface area contributed by atoms with Gasteiger partial charge in [-0.2, -0.15) is 0 Å². The number of hydrogen-bond donors (Lipinski definition) is 1. The zero-order chi connectivity index (χ0) is 21.4. The summed E-state index contributed by atoms with van der Waals surface area (Å²) in [5.74, 6) is 1.00. The first-order valence-electron chi connectivity index (χ1n) is 9.88. The Kier molecular flexibility index (Phi) is 5.15. The first-order chi connectivity index (χ1) is 14.5. The Labute approximate surface area is 172 Å². The number of benzene rings is 1. The van der Waals surface area contributed by atoms with Crippen molar-refractivity contribution in [1.29, 1.82) is 0 Å². The fourth-order valence-corrected chi connectivity index (χ4v) is 4.18. The van der Waals surface area contributed by atoms with Crippen LogP contribution in [0.5, 0.6) is 11.5 Å². The first kappa shape index (κ1) is 19.9. The largest absolute Gasteiger partial charge is 0.493 e. The number of hydrogen-bond acceptors (Lipinski definition) is 6. The van der Waals surface area contributed by atoms with Crippen LogP contribution >= 0.6 is 0 Å². The fourth-order valence-electron chi connectivity index (χ4n) is 4.18. The molecule has 0 amide bonds. The summed E-state index contributed by atoms with van der Waals surface area (Å²) in [5.41, 5.74) is 1.35. The van der Waals surface area contributed by atoms with Gasteiger partial charge in [-0.25, -0.2) is 9.78 Å². The van der Waals surface area contributed by atoms with E-state index in [0.717, 1.165) is 5.56 Å². The van der Waals surface area contributed by atoms with Gasteiger partial charge in [-0.05, 0) is 42.0 Å². The smallest absolute Gasteiger partial charge is 0.329 e. The van der Waals surface area contributed by atoms with Gasteiger partial charge in [0.15, 0.2) is 17.3 Å². The van der Waals surface area contributed by atoms with Crippen molar-refractivity contribution in [2.45, 2.75) is 38.6 Å². The average Bonchev–Trinajstić information content (AvgIpc) is 2.75. The number of H-pyrrole nitrogens is 1. The van der Waals surface area contributed by atoms with Crippen molar-refractivity contribution in [1.82, 2.24) is 14.5 Å². The Bertz CT molecular complexity index is 1260. The minimum absolute atomic E-state index is 0.0712. The van der Waals surface area contributed by atoms with Crippen LogP contribution in [0.2, 0.25) is 0 Å². The van der Waals surface area contributed by atoms with Crippen molar-refractivity contribution in [2.75, 3.05) is 14.2 Å². The molecule has 2 heterocycles. The average molecular weight is 409 g/mol. The molecule has 3 aromatic rings. The van der Waals surface area contributed by atoms with E-state index in [-0.39, 0.29) is 11.7 Å². The lowest BCUT2D eigenvalue weighted by molar-refractivity contribution is 0.0964. The highest BCUT2D eigenvalue weighted by Gasteiger charge is 2.30. The number of aromatic nitrogens is 3. The summed E-state index contributed by atoms with van der Waals surface area (Å²) in [6.07, 6.45) is 3.01. The van der Waals surface area contributed by atoms with Gasteiger partial charge >= 0.3 is 5.69 Å². The van der Waals surface area contributed by atoms with E-state index >= 15 is 0 Å². The van der Waals surface area contributed by atoms with Crippen molar-refractivity contribution in [3.8, 4) is 11.5 Å². The summed E-state index contributed by atoms with van der Waals surface area (Å²) in [6.45, 7) is 2.38. The number of fused-ring (bicyclic) bond motifs is 3. The van der Waals surface area contributed by atoms with Crippen molar-refractivity contribution in [3.63, 3.8) is 0 Å². The molecule has 0 radical (unpaired) electrons. The molecule has 0 saturated carbocycles. The van der Waals surface area contributed by atoms with Crippen molar-refractivity contribution in [3.05, 3.63) is 61.9 Å². The zero-order valence-corrected chi connectivity index (χ0v) is 17.2. The molecule has 1 aromatic carbocycles. The highest BCUT2D eigenvalue weighted by molar-refractivity contribution is 6.02. The molecule has 30 heavy (non-hydrogen) atoms. The maximum absolute atomic E-state index is 12.9. The number of aromatic amines is 1. The zero-order valence-electron chi connectivity index (χ0n) is 17.2. The maximum atomic E-state index is 12.9. The van der Waals surface area contributed by atoms with E-state index in [9.17, 15) is 14.4 Å². The molecule has 0 aliphatic heterocycles. The summed E-state index contributed by atoms with van der Waals surface area (Å²) >= 11 is 0. The van der Waals surface area contributed by atoms with Gasteiger partial charge in [-0.15, -0.1) is 0 Å². The molecule has 0 bridgehead atoms. The van der Waals surface area contributed by atoms with Gasteiger partial charge in [0.2, 0.25) is 0 Å². The molecular weight excluding hydrogens is 386 g/mol. The number of ketones is 1. The van der Waals surface area contributed by atoms with Gasteiger partial charge in [0.25, 0.3) is 5.56 Å². The van der Waals surface area contributed by atoms with Gasteiger partial charge in [-0.3, -0.25) is 19.1 Å². The second kappa shape index (κ2) is 7.78. The Balaban J connectivity index is 1.88. The van der Waals surface area contributed by atoms with Crippen LogP contribution < -0.4 is 20.7 Å². The lowest BCUT2D eigenvalue weighted by Gasteiger charge is -2.25. The first-order valence-corrected chi connectivity index (χ1v) is 9.88. The third-order valence-electron chi connectivity index (χ3n) is 5.62. The van der Waals surface area contributed by atoms with Gasteiger partial charge < -0.3 is 9.47 Å². The summed E-state index contributed by atoms with van der Waals surface area (Å²) in [4.78, 5) is 44.6. The predicted octanol–water partition coefficient (Wildman–Crippen LogP) is 2.42. The number of ether oxygens (including phenoxy) is 2.